The van der Waals surface area contributed by atoms with Crippen molar-refractivity contribution in [2.75, 3.05) is 0 Å². The Balaban J connectivity index is 1.34. The van der Waals surface area contributed by atoms with Gasteiger partial charge in [-0.2, -0.15) is 0 Å². The van der Waals surface area contributed by atoms with Crippen LogP contribution in [0.4, 0.5) is 0 Å². The van der Waals surface area contributed by atoms with E-state index in [1.54, 1.807) is 0 Å². The molecule has 0 spiro atoms. The molecule has 0 saturated heterocycles. The fraction of sp³-hybridized carbons (Fsp3) is 0. The highest BCUT2D eigenvalue weighted by Crippen LogP contribution is 2.46. The highest BCUT2D eigenvalue weighted by atomic mass is 14.2. The molecule has 0 aromatic heterocycles. The van der Waals surface area contributed by atoms with E-state index in [0.717, 1.165) is 0 Å². The summed E-state index contributed by atoms with van der Waals surface area (Å²) in [5.41, 5.74) is 7.62. The highest BCUT2D eigenvalue weighted by Gasteiger charge is 2.18. The Bertz CT molecular complexity index is 2480. The summed E-state index contributed by atoms with van der Waals surface area (Å²) in [6.45, 7) is 0. The molecule has 0 amide bonds. The van der Waals surface area contributed by atoms with Crippen molar-refractivity contribution in [2.24, 2.45) is 0 Å². The summed E-state index contributed by atoms with van der Waals surface area (Å²) in [6, 6.07) is 62.3. The number of benzene rings is 9. The summed E-state index contributed by atoms with van der Waals surface area (Å²) in [5.74, 6) is 0. The zero-order chi connectivity index (χ0) is 29.0. The van der Waals surface area contributed by atoms with E-state index < -0.39 is 0 Å². The van der Waals surface area contributed by atoms with Crippen molar-refractivity contribution in [1.29, 1.82) is 0 Å². The van der Waals surface area contributed by atoms with Crippen LogP contribution in [0, 0.1) is 0 Å². The standard InChI is InChI=1S/C44H28/c1-2-12-29(13-3-1)33-21-10-15-31-28-32(25-26-35(31)33)43-39-17-6-8-19-41(39)44(42-20-9-7-18-40(42)43)38-23-11-22-36-34-16-5-4-14-30(34)24-27-37(36)38/h1-28H. The topological polar surface area (TPSA) is 0 Å². The first-order chi connectivity index (χ1) is 21.8. The molecule has 9 rings (SSSR count). The Kier molecular flexibility index (Phi) is 5.61. The summed E-state index contributed by atoms with van der Waals surface area (Å²) < 4.78 is 0. The molecule has 0 aliphatic heterocycles. The first kappa shape index (κ1) is 24.8. The molecule has 0 radical (unpaired) electrons. The average Bonchev–Trinajstić information content (AvgIpc) is 3.10. The van der Waals surface area contributed by atoms with E-state index in [1.807, 2.05) is 0 Å². The Morgan fingerprint density at radius 3 is 1.52 bits per heavy atom. The Morgan fingerprint density at radius 1 is 0.227 bits per heavy atom. The lowest BCUT2D eigenvalue weighted by atomic mass is 9.84. The molecule has 0 N–H and O–H groups in total. The first-order valence-corrected chi connectivity index (χ1v) is 15.3. The van der Waals surface area contributed by atoms with Gasteiger partial charge >= 0.3 is 0 Å². The van der Waals surface area contributed by atoms with Crippen LogP contribution in [0.25, 0.3) is 87.2 Å². The van der Waals surface area contributed by atoms with Crippen LogP contribution in [-0.2, 0) is 0 Å². The third kappa shape index (κ3) is 3.78. The third-order valence-corrected chi connectivity index (χ3v) is 9.24. The van der Waals surface area contributed by atoms with Gasteiger partial charge in [-0.3, -0.25) is 0 Å². The maximum absolute atomic E-state index is 2.37. The van der Waals surface area contributed by atoms with Crippen LogP contribution in [0.5, 0.6) is 0 Å². The van der Waals surface area contributed by atoms with Crippen LogP contribution in [-0.4, -0.2) is 0 Å². The minimum atomic E-state index is 1.24. The maximum Gasteiger partial charge on any atom is -0.00201 e. The van der Waals surface area contributed by atoms with Crippen LogP contribution in [0.1, 0.15) is 0 Å². The van der Waals surface area contributed by atoms with Gasteiger partial charge in [-0.25, -0.2) is 0 Å². The molecule has 204 valence electrons. The molecule has 0 unspecified atom stereocenters. The predicted octanol–water partition coefficient (Wildman–Crippen LogP) is 12.5. The minimum Gasteiger partial charge on any atom is -0.0622 e. The van der Waals surface area contributed by atoms with Gasteiger partial charge < -0.3 is 0 Å². The summed E-state index contributed by atoms with van der Waals surface area (Å²) in [6.07, 6.45) is 0. The summed E-state index contributed by atoms with van der Waals surface area (Å²) in [7, 11) is 0. The van der Waals surface area contributed by atoms with Crippen molar-refractivity contribution in [3.63, 3.8) is 0 Å². The van der Waals surface area contributed by atoms with E-state index in [2.05, 4.69) is 170 Å². The summed E-state index contributed by atoms with van der Waals surface area (Å²) >= 11 is 0. The molecule has 0 fully saturated rings. The molecule has 0 saturated carbocycles. The summed E-state index contributed by atoms with van der Waals surface area (Å²) in [4.78, 5) is 0. The monoisotopic (exact) mass is 556 g/mol. The van der Waals surface area contributed by atoms with Crippen molar-refractivity contribution in [3.8, 4) is 33.4 Å². The molecule has 0 nitrogen and oxygen atoms in total. The Morgan fingerprint density at radius 2 is 0.773 bits per heavy atom. The van der Waals surface area contributed by atoms with Gasteiger partial charge in [0, 0.05) is 0 Å². The molecule has 0 bridgehead atoms. The predicted molar refractivity (Wildman–Crippen MR) is 190 cm³/mol. The highest BCUT2D eigenvalue weighted by molar-refractivity contribution is 6.25. The zero-order valence-electron chi connectivity index (χ0n) is 24.2. The van der Waals surface area contributed by atoms with E-state index in [1.165, 1.54) is 87.2 Å². The largest absolute Gasteiger partial charge is 0.0622 e. The molecular weight excluding hydrogens is 528 g/mol. The lowest BCUT2D eigenvalue weighted by Crippen LogP contribution is -1.92. The quantitative estimate of drug-likeness (QED) is 0.150. The van der Waals surface area contributed by atoms with Gasteiger partial charge in [0.25, 0.3) is 0 Å². The molecule has 0 atom stereocenters. The van der Waals surface area contributed by atoms with E-state index in [4.69, 9.17) is 0 Å². The average molecular weight is 557 g/mol. The van der Waals surface area contributed by atoms with Crippen LogP contribution in [0.3, 0.4) is 0 Å². The van der Waals surface area contributed by atoms with Crippen LogP contribution >= 0.6 is 0 Å². The molecule has 0 aliphatic carbocycles. The third-order valence-electron chi connectivity index (χ3n) is 9.24. The number of hydrogen-bond acceptors (Lipinski definition) is 0. The second kappa shape index (κ2) is 9.93. The molecular formula is C44H28. The van der Waals surface area contributed by atoms with Gasteiger partial charge in [0.05, 0.1) is 0 Å². The van der Waals surface area contributed by atoms with Crippen LogP contribution < -0.4 is 0 Å². The van der Waals surface area contributed by atoms with E-state index in [0.29, 0.717) is 0 Å². The van der Waals surface area contributed by atoms with Crippen molar-refractivity contribution >= 4 is 53.9 Å². The second-order valence-electron chi connectivity index (χ2n) is 11.6. The molecule has 9 aromatic carbocycles. The fourth-order valence-corrected chi connectivity index (χ4v) is 7.30. The second-order valence-corrected chi connectivity index (χ2v) is 11.6. The Labute approximate surface area is 256 Å². The first-order valence-electron chi connectivity index (χ1n) is 15.3. The number of rotatable bonds is 3. The molecule has 0 heteroatoms. The van der Waals surface area contributed by atoms with Crippen molar-refractivity contribution in [2.45, 2.75) is 0 Å². The normalized spacial score (nSPS) is 11.6. The lowest BCUT2D eigenvalue weighted by molar-refractivity contribution is 1.65. The molecule has 44 heavy (non-hydrogen) atoms. The minimum absolute atomic E-state index is 1.24. The smallest absolute Gasteiger partial charge is 0.00201 e. The van der Waals surface area contributed by atoms with E-state index in [9.17, 15) is 0 Å². The maximum atomic E-state index is 2.37. The Hall–Kier alpha value is -5.72. The van der Waals surface area contributed by atoms with Gasteiger partial charge in [0.1, 0.15) is 0 Å². The SMILES string of the molecule is c1ccc(-c2cccc3cc(-c4c5ccccc5c(-c5cccc6c5ccc5ccccc56)c5ccccc45)ccc23)cc1. The lowest BCUT2D eigenvalue weighted by Gasteiger charge is -2.19. The van der Waals surface area contributed by atoms with Gasteiger partial charge in [-0.1, -0.05) is 164 Å². The van der Waals surface area contributed by atoms with Crippen molar-refractivity contribution < 1.29 is 0 Å². The van der Waals surface area contributed by atoms with E-state index >= 15 is 0 Å². The van der Waals surface area contributed by atoms with Gasteiger partial charge in [-0.05, 0) is 93.3 Å². The summed E-state index contributed by atoms with van der Waals surface area (Å²) in [5, 5.41) is 12.8. The van der Waals surface area contributed by atoms with Crippen LogP contribution in [0.15, 0.2) is 170 Å². The van der Waals surface area contributed by atoms with Crippen molar-refractivity contribution in [3.05, 3.63) is 170 Å². The molecule has 0 heterocycles. The van der Waals surface area contributed by atoms with Crippen LogP contribution in [0.2, 0.25) is 0 Å². The molecule has 9 aromatic rings. The molecule has 0 aliphatic rings. The van der Waals surface area contributed by atoms with Crippen molar-refractivity contribution in [1.82, 2.24) is 0 Å². The van der Waals surface area contributed by atoms with Gasteiger partial charge in [-0.15, -0.1) is 0 Å². The number of hydrogen-bond donors (Lipinski definition) is 0. The van der Waals surface area contributed by atoms with E-state index in [-0.39, 0.29) is 0 Å². The zero-order valence-corrected chi connectivity index (χ0v) is 24.2. The fourth-order valence-electron chi connectivity index (χ4n) is 7.30. The van der Waals surface area contributed by atoms with Gasteiger partial charge in [0.15, 0.2) is 0 Å². The number of fused-ring (bicyclic) bond motifs is 6. The van der Waals surface area contributed by atoms with Gasteiger partial charge in [0.2, 0.25) is 0 Å².